The Morgan fingerprint density at radius 2 is 2.04 bits per heavy atom. The van der Waals surface area contributed by atoms with Crippen molar-refractivity contribution in [2.45, 2.75) is 45.5 Å². The van der Waals surface area contributed by atoms with Crippen LogP contribution < -0.4 is 5.32 Å². The first-order valence-corrected chi connectivity index (χ1v) is 8.37. The zero-order chi connectivity index (χ0) is 19.1. The van der Waals surface area contributed by atoms with E-state index in [-0.39, 0.29) is 24.5 Å². The molecule has 8 heteroatoms. The zero-order valence-corrected chi connectivity index (χ0v) is 14.7. The molecule has 0 fully saturated rings. The predicted octanol–water partition coefficient (Wildman–Crippen LogP) is 4.34. The molecule has 2 unspecified atom stereocenters. The molecule has 0 aliphatic carbocycles. The first-order chi connectivity index (χ1) is 12.2. The molecule has 0 saturated heterocycles. The van der Waals surface area contributed by atoms with E-state index in [1.807, 2.05) is 32.0 Å². The van der Waals surface area contributed by atoms with E-state index in [1.54, 1.807) is 6.92 Å². The quantitative estimate of drug-likeness (QED) is 0.820. The molecule has 0 radical (unpaired) electrons. The van der Waals surface area contributed by atoms with Crippen LogP contribution in [0, 0.1) is 13.8 Å². The van der Waals surface area contributed by atoms with Gasteiger partial charge in [-0.3, -0.25) is 0 Å². The average Bonchev–Trinajstić information content (AvgIpc) is 2.99. The number of nitrogens with one attached hydrogen (secondary N) is 1. The summed E-state index contributed by atoms with van der Waals surface area (Å²) < 4.78 is 46.5. The highest BCUT2D eigenvalue weighted by molar-refractivity contribution is 5.88. The maximum Gasteiger partial charge on any atom is 0.410 e. The Hall–Kier alpha value is -2.51. The third kappa shape index (κ3) is 3.40. The summed E-state index contributed by atoms with van der Waals surface area (Å²) >= 11 is 0. The molecule has 3 rings (SSSR count). The first-order valence-electron chi connectivity index (χ1n) is 8.37. The molecule has 140 valence electrons. The van der Waals surface area contributed by atoms with E-state index in [0.29, 0.717) is 0 Å². The van der Waals surface area contributed by atoms with Crippen LogP contribution in [0.1, 0.15) is 52.6 Å². The fourth-order valence-electron chi connectivity index (χ4n) is 3.08. The molecule has 1 aromatic carbocycles. The minimum atomic E-state index is -4.48. The fraction of sp³-hybridized carbons (Fsp3) is 0.444. The van der Waals surface area contributed by atoms with Crippen LogP contribution in [-0.4, -0.2) is 28.5 Å². The largest absolute Gasteiger partial charge is 0.461 e. The molecule has 26 heavy (non-hydrogen) atoms. The van der Waals surface area contributed by atoms with Crippen molar-refractivity contribution in [1.29, 1.82) is 0 Å². The summed E-state index contributed by atoms with van der Waals surface area (Å²) in [6.45, 7) is 5.63. The molecule has 1 aromatic heterocycles. The lowest BCUT2D eigenvalue weighted by Gasteiger charge is -2.33. The van der Waals surface area contributed by atoms with Crippen LogP contribution in [0.5, 0.6) is 0 Å². The normalized spacial score (nSPS) is 19.6. The van der Waals surface area contributed by atoms with Crippen LogP contribution in [0.4, 0.5) is 19.0 Å². The molecule has 0 amide bonds. The van der Waals surface area contributed by atoms with E-state index in [4.69, 9.17) is 4.74 Å². The Labute approximate surface area is 149 Å². The first kappa shape index (κ1) is 18.3. The lowest BCUT2D eigenvalue weighted by atomic mass is 9.94. The van der Waals surface area contributed by atoms with Crippen molar-refractivity contribution in [2.75, 3.05) is 11.9 Å². The van der Waals surface area contributed by atoms with Gasteiger partial charge in [0.2, 0.25) is 0 Å². The molecule has 2 aromatic rings. The van der Waals surface area contributed by atoms with Crippen molar-refractivity contribution in [3.63, 3.8) is 0 Å². The van der Waals surface area contributed by atoms with E-state index in [0.717, 1.165) is 21.4 Å². The van der Waals surface area contributed by atoms with Gasteiger partial charge in [0.25, 0.3) is 0 Å². The van der Waals surface area contributed by atoms with E-state index in [1.165, 1.54) is 6.07 Å². The molecular formula is C18H20F3N3O2. The van der Waals surface area contributed by atoms with Crippen molar-refractivity contribution in [3.8, 4) is 0 Å². The number of ether oxygens (including phenoxy) is 1. The highest BCUT2D eigenvalue weighted by atomic mass is 19.4. The number of aromatic nitrogens is 2. The topological polar surface area (TPSA) is 56.2 Å². The van der Waals surface area contributed by atoms with Crippen LogP contribution in [0.2, 0.25) is 0 Å². The Morgan fingerprint density at radius 1 is 1.31 bits per heavy atom. The van der Waals surface area contributed by atoms with Gasteiger partial charge in [-0.1, -0.05) is 18.2 Å². The van der Waals surface area contributed by atoms with Gasteiger partial charge in [0.1, 0.15) is 5.82 Å². The number of nitrogens with zero attached hydrogens (tertiary/aromatic N) is 2. The van der Waals surface area contributed by atoms with E-state index >= 15 is 0 Å². The number of aryl methyl sites for hydroxylation is 2. The van der Waals surface area contributed by atoms with E-state index in [9.17, 15) is 18.0 Å². The van der Waals surface area contributed by atoms with Crippen molar-refractivity contribution in [1.82, 2.24) is 9.78 Å². The van der Waals surface area contributed by atoms with Crippen molar-refractivity contribution in [3.05, 3.63) is 46.6 Å². The number of rotatable bonds is 3. The molecule has 0 saturated carbocycles. The molecule has 0 bridgehead atoms. The summed E-state index contributed by atoms with van der Waals surface area (Å²) in [4.78, 5) is 11.8. The molecule has 2 heterocycles. The Morgan fingerprint density at radius 3 is 2.65 bits per heavy atom. The fourth-order valence-corrected chi connectivity index (χ4v) is 3.08. The monoisotopic (exact) mass is 367 g/mol. The number of fused-ring (bicyclic) bond motifs is 1. The van der Waals surface area contributed by atoms with Crippen molar-refractivity contribution >= 4 is 11.8 Å². The molecule has 1 aliphatic heterocycles. The van der Waals surface area contributed by atoms with Crippen LogP contribution in [0.3, 0.4) is 0 Å². The molecule has 2 atom stereocenters. The number of esters is 1. The number of hydrogen-bond donors (Lipinski definition) is 1. The molecule has 0 spiro atoms. The third-order valence-corrected chi connectivity index (χ3v) is 4.61. The van der Waals surface area contributed by atoms with Gasteiger partial charge in [-0.2, -0.15) is 18.3 Å². The molecule has 5 nitrogen and oxygen atoms in total. The highest BCUT2D eigenvalue weighted by Crippen LogP contribution is 2.43. The van der Waals surface area contributed by atoms with Crippen LogP contribution in [-0.2, 0) is 4.74 Å². The number of halogens is 3. The van der Waals surface area contributed by atoms with E-state index < -0.39 is 24.2 Å². The Bertz CT molecular complexity index is 830. The van der Waals surface area contributed by atoms with Gasteiger partial charge in [0, 0.05) is 12.5 Å². The van der Waals surface area contributed by atoms with Gasteiger partial charge < -0.3 is 10.1 Å². The van der Waals surface area contributed by atoms with Gasteiger partial charge in [-0.25, -0.2) is 9.48 Å². The van der Waals surface area contributed by atoms with Crippen LogP contribution in [0.15, 0.2) is 24.3 Å². The van der Waals surface area contributed by atoms with Crippen LogP contribution >= 0.6 is 0 Å². The lowest BCUT2D eigenvalue weighted by molar-refractivity contribution is -0.173. The van der Waals surface area contributed by atoms with Gasteiger partial charge in [0.15, 0.2) is 11.7 Å². The number of alkyl halides is 3. The minimum Gasteiger partial charge on any atom is -0.461 e. The summed E-state index contributed by atoms with van der Waals surface area (Å²) in [5.41, 5.74) is 2.72. The predicted molar refractivity (Wildman–Crippen MR) is 90.2 cm³/mol. The van der Waals surface area contributed by atoms with E-state index in [2.05, 4.69) is 10.4 Å². The summed E-state index contributed by atoms with van der Waals surface area (Å²) in [6.07, 6.45) is -4.68. The zero-order valence-electron chi connectivity index (χ0n) is 14.7. The van der Waals surface area contributed by atoms with Gasteiger partial charge in [0.05, 0.1) is 12.6 Å². The van der Waals surface area contributed by atoms with Crippen molar-refractivity contribution < 1.29 is 22.7 Å². The number of carbonyl (C=O) groups excluding carboxylic acids is 1. The summed E-state index contributed by atoms with van der Waals surface area (Å²) in [7, 11) is 0. The second-order valence-electron chi connectivity index (χ2n) is 6.41. The second kappa shape index (κ2) is 6.66. The standard InChI is InChI=1S/C18H20F3N3O2/c1-4-26-17(25)14-9-16-22-13(12-6-5-10(2)11(3)7-12)8-15(18(19,20)21)24(16)23-14/h5-7,9,13,15,22H,4,8H2,1-3H3. The number of anilines is 1. The molecular weight excluding hydrogens is 347 g/mol. The highest BCUT2D eigenvalue weighted by Gasteiger charge is 2.46. The summed E-state index contributed by atoms with van der Waals surface area (Å²) in [5, 5.41) is 6.91. The second-order valence-corrected chi connectivity index (χ2v) is 6.41. The smallest absolute Gasteiger partial charge is 0.410 e. The number of carbonyl (C=O) groups is 1. The average molecular weight is 367 g/mol. The summed E-state index contributed by atoms with van der Waals surface area (Å²) in [5.74, 6) is -0.579. The summed E-state index contributed by atoms with van der Waals surface area (Å²) in [6, 6.07) is 4.58. The maximum absolute atomic E-state index is 13.6. The lowest BCUT2D eigenvalue weighted by Crippen LogP contribution is -2.35. The molecule has 1 aliphatic rings. The SMILES string of the molecule is CCOC(=O)c1cc2n(n1)C(C(F)(F)F)CC(c1ccc(C)c(C)c1)N2. The minimum absolute atomic E-state index is 0.127. The third-order valence-electron chi connectivity index (χ3n) is 4.61. The molecule has 1 N–H and O–H groups in total. The van der Waals surface area contributed by atoms with Crippen LogP contribution in [0.25, 0.3) is 0 Å². The van der Waals surface area contributed by atoms with Gasteiger partial charge in [-0.15, -0.1) is 0 Å². The number of benzene rings is 1. The maximum atomic E-state index is 13.6. The van der Waals surface area contributed by atoms with Crippen molar-refractivity contribution in [2.24, 2.45) is 0 Å². The number of hydrogen-bond acceptors (Lipinski definition) is 4. The van der Waals surface area contributed by atoms with Gasteiger partial charge in [-0.05, 0) is 37.5 Å². The Balaban J connectivity index is 1.99. The Kier molecular flexibility index (Phi) is 4.68. The van der Waals surface area contributed by atoms with Gasteiger partial charge >= 0.3 is 12.1 Å².